The molecule has 3 aromatic heterocycles. The molecule has 0 amide bonds. The van der Waals surface area contributed by atoms with E-state index in [2.05, 4.69) is 64.9 Å². The van der Waals surface area contributed by atoms with Crippen LogP contribution in [0.1, 0.15) is 47.9 Å². The van der Waals surface area contributed by atoms with Crippen LogP contribution in [-0.2, 0) is 12.8 Å². The van der Waals surface area contributed by atoms with Crippen molar-refractivity contribution in [2.24, 2.45) is 0 Å². The molecule has 0 fully saturated rings. The summed E-state index contributed by atoms with van der Waals surface area (Å²) < 4.78 is 5.93. The Morgan fingerprint density at radius 3 is 2.50 bits per heavy atom. The number of nitrogens with one attached hydrogen (secondary N) is 1. The van der Waals surface area contributed by atoms with E-state index in [-0.39, 0.29) is 0 Å². The standard InChI is InChI=1S/C28H34N4O2/c1-4-32(5-2)14-15-34-24-16-25-26(19-31-28(25)30-18-24)27(33)22-11-13-23(29-17-22)12-10-21-8-6-20(3)7-9-21/h6-9,11,13,16-19,27,33H,4-5,10,12,14-15H2,1-3H3,(H,30,31). The van der Waals surface area contributed by atoms with E-state index in [0.29, 0.717) is 12.4 Å². The van der Waals surface area contributed by atoms with Gasteiger partial charge in [0.2, 0.25) is 0 Å². The SMILES string of the molecule is CCN(CC)CCOc1cnc2[nH]cc(C(O)c3ccc(CCc4ccc(C)cc4)nc3)c2c1. The summed E-state index contributed by atoms with van der Waals surface area (Å²) in [6, 6.07) is 14.5. The highest BCUT2D eigenvalue weighted by molar-refractivity contribution is 5.81. The number of benzene rings is 1. The molecule has 0 saturated carbocycles. The molecule has 0 spiro atoms. The van der Waals surface area contributed by atoms with Gasteiger partial charge in [0, 0.05) is 41.1 Å². The molecular weight excluding hydrogens is 424 g/mol. The summed E-state index contributed by atoms with van der Waals surface area (Å²) >= 11 is 0. The molecule has 4 aromatic rings. The molecule has 1 aromatic carbocycles. The zero-order valence-electron chi connectivity index (χ0n) is 20.3. The second kappa shape index (κ2) is 11.3. The fourth-order valence-corrected chi connectivity index (χ4v) is 4.09. The second-order valence-corrected chi connectivity index (χ2v) is 8.66. The van der Waals surface area contributed by atoms with E-state index in [1.165, 1.54) is 11.1 Å². The lowest BCUT2D eigenvalue weighted by Crippen LogP contribution is -2.27. The molecule has 3 heterocycles. The van der Waals surface area contributed by atoms with Crippen molar-refractivity contribution in [3.63, 3.8) is 0 Å². The van der Waals surface area contributed by atoms with Gasteiger partial charge in [-0.1, -0.05) is 49.7 Å². The molecule has 1 unspecified atom stereocenters. The van der Waals surface area contributed by atoms with Crippen molar-refractivity contribution in [3.8, 4) is 5.75 Å². The highest BCUT2D eigenvalue weighted by atomic mass is 16.5. The third-order valence-corrected chi connectivity index (χ3v) is 6.36. The lowest BCUT2D eigenvalue weighted by atomic mass is 10.0. The van der Waals surface area contributed by atoms with E-state index in [1.807, 2.05) is 24.4 Å². The molecule has 2 N–H and O–H groups in total. The summed E-state index contributed by atoms with van der Waals surface area (Å²) in [6.07, 6.45) is 6.33. The topological polar surface area (TPSA) is 74.3 Å². The Kier molecular flexibility index (Phi) is 7.93. The molecule has 0 aliphatic rings. The van der Waals surface area contributed by atoms with Crippen molar-refractivity contribution in [2.45, 2.75) is 39.7 Å². The number of fused-ring (bicyclic) bond motifs is 1. The van der Waals surface area contributed by atoms with E-state index in [4.69, 9.17) is 4.74 Å². The molecule has 178 valence electrons. The zero-order valence-corrected chi connectivity index (χ0v) is 20.3. The number of hydrogen-bond acceptors (Lipinski definition) is 5. The molecule has 0 aliphatic heterocycles. The number of likely N-dealkylation sites (N-methyl/N-ethyl adjacent to an activating group) is 1. The minimum Gasteiger partial charge on any atom is -0.491 e. The Labute approximate surface area is 201 Å². The summed E-state index contributed by atoms with van der Waals surface area (Å²) in [5, 5.41) is 11.9. The zero-order chi connectivity index (χ0) is 23.9. The number of aliphatic hydroxyl groups is 1. The van der Waals surface area contributed by atoms with Gasteiger partial charge < -0.3 is 19.7 Å². The van der Waals surface area contributed by atoms with E-state index in [9.17, 15) is 5.11 Å². The van der Waals surface area contributed by atoms with Crippen LogP contribution < -0.4 is 4.74 Å². The van der Waals surface area contributed by atoms with Crippen LogP contribution >= 0.6 is 0 Å². The van der Waals surface area contributed by atoms with Gasteiger partial charge in [0.05, 0.1) is 6.20 Å². The summed E-state index contributed by atoms with van der Waals surface area (Å²) in [4.78, 5) is 14.5. The number of nitrogens with zero attached hydrogens (tertiary/aromatic N) is 3. The van der Waals surface area contributed by atoms with Gasteiger partial charge in [-0.2, -0.15) is 0 Å². The highest BCUT2D eigenvalue weighted by Gasteiger charge is 2.17. The summed E-state index contributed by atoms with van der Waals surface area (Å²) in [5.74, 6) is 0.706. The van der Waals surface area contributed by atoms with Crippen LogP contribution in [0.2, 0.25) is 0 Å². The Hall–Kier alpha value is -3.22. The maximum Gasteiger partial charge on any atom is 0.138 e. The van der Waals surface area contributed by atoms with Crippen LogP contribution in [0.15, 0.2) is 61.1 Å². The van der Waals surface area contributed by atoms with Gasteiger partial charge in [-0.05, 0) is 50.6 Å². The fourth-order valence-electron chi connectivity index (χ4n) is 4.09. The monoisotopic (exact) mass is 458 g/mol. The lowest BCUT2D eigenvalue weighted by molar-refractivity contribution is 0.220. The number of pyridine rings is 2. The van der Waals surface area contributed by atoms with E-state index in [0.717, 1.165) is 60.3 Å². The third-order valence-electron chi connectivity index (χ3n) is 6.36. The Bertz CT molecular complexity index is 1180. The second-order valence-electron chi connectivity index (χ2n) is 8.66. The molecule has 0 saturated heterocycles. The normalized spacial score (nSPS) is 12.4. The number of aliphatic hydroxyl groups excluding tert-OH is 1. The van der Waals surface area contributed by atoms with Gasteiger partial charge in [0.1, 0.15) is 24.1 Å². The summed E-state index contributed by atoms with van der Waals surface area (Å²) in [6.45, 7) is 9.88. The van der Waals surface area contributed by atoms with Gasteiger partial charge in [0.15, 0.2) is 0 Å². The predicted molar refractivity (Wildman–Crippen MR) is 136 cm³/mol. The predicted octanol–water partition coefficient (Wildman–Crippen LogP) is 4.85. The minimum absolute atomic E-state index is 0.602. The maximum absolute atomic E-state index is 11.1. The van der Waals surface area contributed by atoms with Crippen LogP contribution in [0.5, 0.6) is 5.75 Å². The molecule has 0 bridgehead atoms. The van der Waals surface area contributed by atoms with Crippen molar-refractivity contribution >= 4 is 11.0 Å². The van der Waals surface area contributed by atoms with Crippen molar-refractivity contribution in [3.05, 3.63) is 89.0 Å². The average Bonchev–Trinajstić information content (AvgIpc) is 3.29. The van der Waals surface area contributed by atoms with Gasteiger partial charge in [-0.3, -0.25) is 4.98 Å². The Morgan fingerprint density at radius 2 is 1.79 bits per heavy atom. The number of ether oxygens (including phenoxy) is 1. The number of H-pyrrole nitrogens is 1. The first-order chi connectivity index (χ1) is 16.6. The van der Waals surface area contributed by atoms with Crippen molar-refractivity contribution < 1.29 is 9.84 Å². The van der Waals surface area contributed by atoms with Crippen molar-refractivity contribution in [1.82, 2.24) is 19.9 Å². The minimum atomic E-state index is -0.792. The third kappa shape index (κ3) is 5.82. The van der Waals surface area contributed by atoms with E-state index in [1.54, 1.807) is 12.4 Å². The van der Waals surface area contributed by atoms with Crippen LogP contribution in [0.4, 0.5) is 0 Å². The highest BCUT2D eigenvalue weighted by Crippen LogP contribution is 2.30. The molecule has 0 radical (unpaired) electrons. The lowest BCUT2D eigenvalue weighted by Gasteiger charge is -2.18. The Balaban J connectivity index is 1.42. The van der Waals surface area contributed by atoms with Gasteiger partial charge >= 0.3 is 0 Å². The van der Waals surface area contributed by atoms with E-state index >= 15 is 0 Å². The van der Waals surface area contributed by atoms with Crippen LogP contribution in [-0.4, -0.2) is 51.2 Å². The number of aryl methyl sites for hydroxylation is 3. The summed E-state index contributed by atoms with van der Waals surface area (Å²) in [5.41, 5.74) is 5.84. The van der Waals surface area contributed by atoms with Gasteiger partial charge in [0.25, 0.3) is 0 Å². The van der Waals surface area contributed by atoms with Gasteiger partial charge in [-0.25, -0.2) is 4.98 Å². The molecule has 1 atom stereocenters. The maximum atomic E-state index is 11.1. The first-order valence-corrected chi connectivity index (χ1v) is 12.1. The number of hydrogen-bond donors (Lipinski definition) is 2. The Morgan fingerprint density at radius 1 is 1.00 bits per heavy atom. The van der Waals surface area contributed by atoms with E-state index < -0.39 is 6.10 Å². The largest absolute Gasteiger partial charge is 0.491 e. The number of aromatic nitrogens is 3. The molecular formula is C28H34N4O2. The number of aromatic amines is 1. The van der Waals surface area contributed by atoms with Crippen LogP contribution in [0.25, 0.3) is 11.0 Å². The van der Waals surface area contributed by atoms with Crippen LogP contribution in [0, 0.1) is 6.92 Å². The average molecular weight is 459 g/mol. The van der Waals surface area contributed by atoms with Gasteiger partial charge in [-0.15, -0.1) is 0 Å². The van der Waals surface area contributed by atoms with Crippen molar-refractivity contribution in [1.29, 1.82) is 0 Å². The quantitative estimate of drug-likeness (QED) is 0.336. The number of rotatable bonds is 11. The first kappa shape index (κ1) is 23.9. The smallest absolute Gasteiger partial charge is 0.138 e. The molecule has 34 heavy (non-hydrogen) atoms. The molecule has 4 rings (SSSR count). The van der Waals surface area contributed by atoms with Crippen LogP contribution in [0.3, 0.4) is 0 Å². The first-order valence-electron chi connectivity index (χ1n) is 12.1. The molecule has 0 aliphatic carbocycles. The summed E-state index contributed by atoms with van der Waals surface area (Å²) in [7, 11) is 0. The molecule has 6 heteroatoms. The van der Waals surface area contributed by atoms with Crippen molar-refractivity contribution in [2.75, 3.05) is 26.2 Å². The molecule has 6 nitrogen and oxygen atoms in total. The fraction of sp³-hybridized carbons (Fsp3) is 0.357.